The first-order valence-corrected chi connectivity index (χ1v) is 10.5. The smallest absolute Gasteiger partial charge is 0.336 e. The Morgan fingerprint density at radius 3 is 1.53 bits per heavy atom. The van der Waals surface area contributed by atoms with Crippen LogP contribution in [-0.2, 0) is 38.1 Å². The Labute approximate surface area is 190 Å². The number of ether oxygens (including phenoxy) is 4. The number of rotatable bonds is 12. The van der Waals surface area contributed by atoms with Crippen molar-refractivity contribution < 1.29 is 38.1 Å². The lowest BCUT2D eigenvalue weighted by Crippen LogP contribution is -2.42. The third-order valence-corrected chi connectivity index (χ3v) is 4.28. The number of esters is 4. The topological polar surface area (TPSA) is 105 Å². The van der Waals surface area contributed by atoms with E-state index in [9.17, 15) is 19.2 Å². The first-order chi connectivity index (χ1) is 15.3. The van der Waals surface area contributed by atoms with Crippen LogP contribution in [0.5, 0.6) is 0 Å². The summed E-state index contributed by atoms with van der Waals surface area (Å²) >= 11 is 0. The molecule has 0 unspecified atom stereocenters. The summed E-state index contributed by atoms with van der Waals surface area (Å²) in [6.07, 6.45) is 0.730. The standard InChI is InChI=1S/C24H32O8/c1-7-15-23(19(25)29-9-3,20(26)30-10-4)17-13-14-18-24(16-8-2,21(27)31-11-5)22(28)32-12-6/h7H,1,9-12,15,17-18H2,2-6H3. The Kier molecular flexibility index (Phi) is 13.2. The molecule has 0 N–H and O–H groups in total. The molecule has 0 saturated heterocycles. The van der Waals surface area contributed by atoms with E-state index in [-0.39, 0.29) is 45.7 Å². The van der Waals surface area contributed by atoms with Gasteiger partial charge in [0.25, 0.3) is 0 Å². The molecule has 176 valence electrons. The number of carbonyl (C=O) groups excluding carboxylic acids is 4. The maximum absolute atomic E-state index is 12.6. The molecule has 0 atom stereocenters. The van der Waals surface area contributed by atoms with Crippen molar-refractivity contribution in [2.24, 2.45) is 10.8 Å². The van der Waals surface area contributed by atoms with E-state index >= 15 is 0 Å². The highest BCUT2D eigenvalue weighted by Crippen LogP contribution is 2.31. The van der Waals surface area contributed by atoms with Crippen LogP contribution in [0.15, 0.2) is 12.7 Å². The Morgan fingerprint density at radius 1 is 0.750 bits per heavy atom. The van der Waals surface area contributed by atoms with Crippen molar-refractivity contribution in [2.75, 3.05) is 26.4 Å². The van der Waals surface area contributed by atoms with Gasteiger partial charge in [-0.3, -0.25) is 9.59 Å². The van der Waals surface area contributed by atoms with Gasteiger partial charge >= 0.3 is 23.9 Å². The molecule has 0 amide bonds. The molecule has 0 rings (SSSR count). The molecule has 0 aliphatic heterocycles. The normalized spacial score (nSPS) is 10.4. The fourth-order valence-corrected chi connectivity index (χ4v) is 2.76. The van der Waals surface area contributed by atoms with Gasteiger partial charge in [-0.1, -0.05) is 12.0 Å². The van der Waals surface area contributed by atoms with Crippen LogP contribution >= 0.6 is 0 Å². The highest BCUT2D eigenvalue weighted by atomic mass is 16.6. The van der Waals surface area contributed by atoms with Crippen LogP contribution in [-0.4, -0.2) is 50.3 Å². The second kappa shape index (κ2) is 14.7. The molecule has 0 heterocycles. The maximum Gasteiger partial charge on any atom is 0.336 e. The van der Waals surface area contributed by atoms with Gasteiger partial charge < -0.3 is 18.9 Å². The lowest BCUT2D eigenvalue weighted by molar-refractivity contribution is -0.172. The number of allylic oxidation sites excluding steroid dienone is 1. The monoisotopic (exact) mass is 448 g/mol. The molecule has 0 fully saturated rings. The van der Waals surface area contributed by atoms with E-state index in [0.29, 0.717) is 0 Å². The van der Waals surface area contributed by atoms with Crippen molar-refractivity contribution in [1.82, 2.24) is 0 Å². The molecule has 32 heavy (non-hydrogen) atoms. The second-order valence-electron chi connectivity index (χ2n) is 6.44. The minimum atomic E-state index is -1.94. The van der Waals surface area contributed by atoms with Crippen LogP contribution in [0.4, 0.5) is 0 Å². The Morgan fingerprint density at radius 2 is 1.16 bits per heavy atom. The third kappa shape index (κ3) is 7.16. The van der Waals surface area contributed by atoms with Gasteiger partial charge in [-0.05, 0) is 41.0 Å². The van der Waals surface area contributed by atoms with Gasteiger partial charge in [0.2, 0.25) is 5.41 Å². The third-order valence-electron chi connectivity index (χ3n) is 4.28. The van der Waals surface area contributed by atoms with Gasteiger partial charge in [-0.2, -0.15) is 0 Å². The molecule has 0 radical (unpaired) electrons. The average Bonchev–Trinajstić information content (AvgIpc) is 2.75. The zero-order valence-electron chi connectivity index (χ0n) is 19.5. The summed E-state index contributed by atoms with van der Waals surface area (Å²) in [7, 11) is 0. The second-order valence-corrected chi connectivity index (χ2v) is 6.44. The molecule has 0 aliphatic rings. The van der Waals surface area contributed by atoms with Gasteiger partial charge in [0, 0.05) is 12.8 Å². The average molecular weight is 449 g/mol. The lowest BCUT2D eigenvalue weighted by Gasteiger charge is -2.26. The van der Waals surface area contributed by atoms with Crippen LogP contribution in [0.3, 0.4) is 0 Å². The first kappa shape index (κ1) is 28.7. The number of carbonyl (C=O) groups is 4. The van der Waals surface area contributed by atoms with Crippen molar-refractivity contribution in [3.63, 3.8) is 0 Å². The molecular weight excluding hydrogens is 416 g/mol. The van der Waals surface area contributed by atoms with Crippen molar-refractivity contribution in [2.45, 2.75) is 53.9 Å². The van der Waals surface area contributed by atoms with E-state index in [2.05, 4.69) is 30.3 Å². The molecule has 0 saturated carbocycles. The number of hydrogen-bond donors (Lipinski definition) is 0. The molecule has 0 aromatic carbocycles. The Bertz CT molecular complexity index is 767. The summed E-state index contributed by atoms with van der Waals surface area (Å²) in [4.78, 5) is 50.5. The van der Waals surface area contributed by atoms with Crippen molar-refractivity contribution in [1.29, 1.82) is 0 Å². The summed E-state index contributed by atoms with van der Waals surface area (Å²) < 4.78 is 20.2. The van der Waals surface area contributed by atoms with E-state index in [1.807, 2.05) is 0 Å². The highest BCUT2D eigenvalue weighted by molar-refractivity contribution is 6.04. The molecule has 8 heteroatoms. The van der Waals surface area contributed by atoms with Crippen molar-refractivity contribution in [3.05, 3.63) is 12.7 Å². The van der Waals surface area contributed by atoms with Gasteiger partial charge in [-0.15, -0.1) is 24.3 Å². The molecule has 0 bridgehead atoms. The predicted molar refractivity (Wildman–Crippen MR) is 117 cm³/mol. The summed E-state index contributed by atoms with van der Waals surface area (Å²) in [5.41, 5.74) is -3.66. The molecular formula is C24H32O8. The van der Waals surface area contributed by atoms with Crippen LogP contribution in [0.1, 0.15) is 53.9 Å². The minimum absolute atomic E-state index is 0.0347. The predicted octanol–water partition coefficient (Wildman–Crippen LogP) is 2.59. The molecule has 0 spiro atoms. The highest BCUT2D eigenvalue weighted by Gasteiger charge is 2.49. The minimum Gasteiger partial charge on any atom is -0.465 e. The summed E-state index contributed by atoms with van der Waals surface area (Å²) in [5, 5.41) is 0. The van der Waals surface area contributed by atoms with Crippen LogP contribution in [0.2, 0.25) is 0 Å². The van der Waals surface area contributed by atoms with E-state index in [0.717, 1.165) is 0 Å². The van der Waals surface area contributed by atoms with Gasteiger partial charge in [-0.25, -0.2) is 9.59 Å². The van der Waals surface area contributed by atoms with E-state index in [1.165, 1.54) is 13.0 Å². The van der Waals surface area contributed by atoms with Crippen LogP contribution < -0.4 is 0 Å². The van der Waals surface area contributed by atoms with Crippen molar-refractivity contribution >= 4 is 23.9 Å². The van der Waals surface area contributed by atoms with Gasteiger partial charge in [0.05, 0.1) is 26.4 Å². The van der Waals surface area contributed by atoms with E-state index < -0.39 is 34.7 Å². The summed E-state index contributed by atoms with van der Waals surface area (Å²) in [6, 6.07) is 0. The quantitative estimate of drug-likeness (QED) is 0.147. The summed E-state index contributed by atoms with van der Waals surface area (Å²) in [5.74, 6) is 7.20. The molecule has 8 nitrogen and oxygen atoms in total. The Balaban J connectivity index is 6.18. The molecule has 0 aromatic rings. The van der Waals surface area contributed by atoms with Crippen LogP contribution in [0.25, 0.3) is 0 Å². The summed E-state index contributed by atoms with van der Waals surface area (Å²) in [6.45, 7) is 11.7. The first-order valence-electron chi connectivity index (χ1n) is 10.5. The van der Waals surface area contributed by atoms with E-state index in [1.54, 1.807) is 27.7 Å². The molecule has 0 aromatic heterocycles. The zero-order chi connectivity index (χ0) is 24.6. The van der Waals surface area contributed by atoms with E-state index in [4.69, 9.17) is 18.9 Å². The fraction of sp³-hybridized carbons (Fsp3) is 0.583. The SMILES string of the molecule is C=CCC(CC#CCC(C#CC)(C(=O)OCC)C(=O)OCC)(C(=O)OCC)C(=O)OCC. The largest absolute Gasteiger partial charge is 0.465 e. The molecule has 0 aliphatic carbocycles. The fourth-order valence-electron chi connectivity index (χ4n) is 2.76. The zero-order valence-corrected chi connectivity index (χ0v) is 19.5. The van der Waals surface area contributed by atoms with Crippen molar-refractivity contribution in [3.8, 4) is 23.7 Å². The number of hydrogen-bond acceptors (Lipinski definition) is 8. The van der Waals surface area contributed by atoms with Gasteiger partial charge in [0.1, 0.15) is 0 Å². The van der Waals surface area contributed by atoms with Gasteiger partial charge in [0.15, 0.2) is 5.41 Å². The van der Waals surface area contributed by atoms with Crippen LogP contribution in [0, 0.1) is 34.5 Å². The Hall–Kier alpha value is -3.26. The lowest BCUT2D eigenvalue weighted by atomic mass is 9.80. The maximum atomic E-state index is 12.6.